The SMILES string of the molecule is CC(C)CNc1ncnc2c1sc1nc(C(C)C)c3c(c12)CCCC3. The monoisotopic (exact) mass is 354 g/mol. The van der Waals surface area contributed by atoms with Crippen LogP contribution in [0.25, 0.3) is 20.4 Å². The van der Waals surface area contributed by atoms with Gasteiger partial charge >= 0.3 is 0 Å². The van der Waals surface area contributed by atoms with Gasteiger partial charge in [-0.1, -0.05) is 27.7 Å². The van der Waals surface area contributed by atoms with Crippen LogP contribution in [0.4, 0.5) is 5.82 Å². The Labute approximate surface area is 153 Å². The van der Waals surface area contributed by atoms with Crippen LogP contribution in [0.15, 0.2) is 6.33 Å². The van der Waals surface area contributed by atoms with Gasteiger partial charge in [0.15, 0.2) is 0 Å². The van der Waals surface area contributed by atoms with Crippen LogP contribution in [-0.2, 0) is 12.8 Å². The fourth-order valence-corrected chi connectivity index (χ4v) is 4.93. The van der Waals surface area contributed by atoms with Crippen LogP contribution >= 0.6 is 11.3 Å². The number of fused-ring (bicyclic) bond motifs is 5. The van der Waals surface area contributed by atoms with Gasteiger partial charge in [-0.05, 0) is 48.6 Å². The van der Waals surface area contributed by atoms with Gasteiger partial charge in [0.05, 0.1) is 10.2 Å². The average Bonchev–Trinajstić information content (AvgIpc) is 2.98. The number of thiophene rings is 1. The summed E-state index contributed by atoms with van der Waals surface area (Å²) in [5.41, 5.74) is 5.36. The largest absolute Gasteiger partial charge is 0.369 e. The van der Waals surface area contributed by atoms with Crippen molar-refractivity contribution in [3.05, 3.63) is 23.1 Å². The van der Waals surface area contributed by atoms with E-state index < -0.39 is 0 Å². The van der Waals surface area contributed by atoms with E-state index >= 15 is 0 Å². The van der Waals surface area contributed by atoms with E-state index in [1.165, 1.54) is 35.0 Å². The molecular formula is C20H26N4S. The summed E-state index contributed by atoms with van der Waals surface area (Å²) in [5.74, 6) is 2.00. The van der Waals surface area contributed by atoms with Gasteiger partial charge < -0.3 is 5.32 Å². The summed E-state index contributed by atoms with van der Waals surface area (Å²) in [6, 6.07) is 0. The maximum atomic E-state index is 5.08. The highest BCUT2D eigenvalue weighted by Crippen LogP contribution is 2.41. The minimum absolute atomic E-state index is 0.464. The number of aryl methyl sites for hydroxylation is 1. The molecule has 0 atom stereocenters. The number of hydrogen-bond acceptors (Lipinski definition) is 5. The van der Waals surface area contributed by atoms with Crippen molar-refractivity contribution >= 4 is 37.6 Å². The number of nitrogens with one attached hydrogen (secondary N) is 1. The molecule has 0 bridgehead atoms. The molecule has 3 aromatic rings. The number of rotatable bonds is 4. The van der Waals surface area contributed by atoms with Crippen molar-refractivity contribution < 1.29 is 0 Å². The van der Waals surface area contributed by atoms with E-state index in [2.05, 4.69) is 43.0 Å². The van der Waals surface area contributed by atoms with Crippen LogP contribution in [0, 0.1) is 5.92 Å². The molecule has 0 fully saturated rings. The van der Waals surface area contributed by atoms with Crippen molar-refractivity contribution in [2.75, 3.05) is 11.9 Å². The van der Waals surface area contributed by atoms with Crippen LogP contribution in [0.1, 0.15) is 63.3 Å². The van der Waals surface area contributed by atoms with E-state index in [1.54, 1.807) is 17.7 Å². The molecule has 0 aliphatic heterocycles. The molecule has 0 saturated heterocycles. The first-order valence-electron chi connectivity index (χ1n) is 9.39. The Kier molecular flexibility index (Phi) is 4.36. The van der Waals surface area contributed by atoms with E-state index in [4.69, 9.17) is 4.98 Å². The van der Waals surface area contributed by atoms with Gasteiger partial charge in [0, 0.05) is 17.6 Å². The number of pyridine rings is 1. The fraction of sp³-hybridized carbons (Fsp3) is 0.550. The van der Waals surface area contributed by atoms with Gasteiger partial charge in [0.2, 0.25) is 0 Å². The maximum absolute atomic E-state index is 5.08. The van der Waals surface area contributed by atoms with Gasteiger partial charge in [-0.15, -0.1) is 11.3 Å². The number of hydrogen-bond donors (Lipinski definition) is 1. The van der Waals surface area contributed by atoms with Crippen molar-refractivity contribution in [2.24, 2.45) is 5.92 Å². The topological polar surface area (TPSA) is 50.7 Å². The quantitative estimate of drug-likeness (QED) is 0.690. The van der Waals surface area contributed by atoms with Crippen molar-refractivity contribution in [3.63, 3.8) is 0 Å². The second-order valence-corrected chi connectivity index (χ2v) is 8.77. The van der Waals surface area contributed by atoms with Crippen LogP contribution in [0.3, 0.4) is 0 Å². The molecule has 4 nitrogen and oxygen atoms in total. The Morgan fingerprint density at radius 2 is 1.84 bits per heavy atom. The number of nitrogens with zero attached hydrogens (tertiary/aromatic N) is 3. The van der Waals surface area contributed by atoms with Gasteiger partial charge in [-0.25, -0.2) is 15.0 Å². The summed E-state index contributed by atoms with van der Waals surface area (Å²) >= 11 is 1.75. The summed E-state index contributed by atoms with van der Waals surface area (Å²) in [6.45, 7) is 9.85. The molecule has 0 amide bonds. The van der Waals surface area contributed by atoms with Crippen molar-refractivity contribution in [1.82, 2.24) is 15.0 Å². The first kappa shape index (κ1) is 16.7. The summed E-state index contributed by atoms with van der Waals surface area (Å²) in [6.07, 6.45) is 6.55. The zero-order chi connectivity index (χ0) is 17.6. The van der Waals surface area contributed by atoms with Crippen molar-refractivity contribution in [3.8, 4) is 0 Å². The second kappa shape index (κ2) is 6.52. The van der Waals surface area contributed by atoms with Gasteiger partial charge in [-0.3, -0.25) is 0 Å². The van der Waals surface area contributed by atoms with E-state index in [1.807, 2.05) is 0 Å². The summed E-state index contributed by atoms with van der Waals surface area (Å²) in [5, 5.41) is 4.78. The van der Waals surface area contributed by atoms with Gasteiger partial charge in [-0.2, -0.15) is 0 Å². The van der Waals surface area contributed by atoms with E-state index in [0.29, 0.717) is 11.8 Å². The Balaban J connectivity index is 1.97. The highest BCUT2D eigenvalue weighted by molar-refractivity contribution is 7.26. The maximum Gasteiger partial charge on any atom is 0.147 e. The number of aromatic nitrogens is 3. The minimum atomic E-state index is 0.464. The zero-order valence-corrected chi connectivity index (χ0v) is 16.3. The lowest BCUT2D eigenvalue weighted by molar-refractivity contribution is 0.667. The smallest absolute Gasteiger partial charge is 0.147 e. The molecule has 1 N–H and O–H groups in total. The van der Waals surface area contributed by atoms with E-state index in [0.717, 1.165) is 40.3 Å². The predicted molar refractivity (Wildman–Crippen MR) is 107 cm³/mol. The lowest BCUT2D eigenvalue weighted by Crippen LogP contribution is -2.10. The molecule has 0 aromatic carbocycles. The van der Waals surface area contributed by atoms with E-state index in [9.17, 15) is 0 Å². The average molecular weight is 355 g/mol. The molecule has 132 valence electrons. The van der Waals surface area contributed by atoms with Crippen LogP contribution in [0.5, 0.6) is 0 Å². The molecule has 25 heavy (non-hydrogen) atoms. The Hall–Kier alpha value is -1.75. The highest BCUT2D eigenvalue weighted by atomic mass is 32.1. The summed E-state index contributed by atoms with van der Waals surface area (Å²) in [7, 11) is 0. The molecule has 1 aliphatic carbocycles. The predicted octanol–water partition coefficient (Wildman–Crippen LogP) is 5.31. The first-order valence-corrected chi connectivity index (χ1v) is 10.2. The Bertz CT molecular complexity index is 926. The summed E-state index contributed by atoms with van der Waals surface area (Å²) in [4.78, 5) is 15.4. The zero-order valence-electron chi connectivity index (χ0n) is 15.5. The molecule has 3 aromatic heterocycles. The first-order chi connectivity index (χ1) is 12.1. The lowest BCUT2D eigenvalue weighted by atomic mass is 9.86. The molecule has 1 aliphatic rings. The number of anilines is 1. The highest BCUT2D eigenvalue weighted by Gasteiger charge is 2.24. The fourth-order valence-electron chi connectivity index (χ4n) is 3.79. The molecule has 0 saturated carbocycles. The Morgan fingerprint density at radius 3 is 2.56 bits per heavy atom. The molecule has 3 heterocycles. The van der Waals surface area contributed by atoms with E-state index in [-0.39, 0.29) is 0 Å². The lowest BCUT2D eigenvalue weighted by Gasteiger charge is -2.21. The normalized spacial score (nSPS) is 14.6. The third-order valence-electron chi connectivity index (χ3n) is 4.98. The molecule has 0 radical (unpaired) electrons. The van der Waals surface area contributed by atoms with Gasteiger partial charge in [0.25, 0.3) is 0 Å². The molecule has 0 unspecified atom stereocenters. The summed E-state index contributed by atoms with van der Waals surface area (Å²) < 4.78 is 1.15. The minimum Gasteiger partial charge on any atom is -0.369 e. The van der Waals surface area contributed by atoms with Crippen LogP contribution in [0.2, 0.25) is 0 Å². The Morgan fingerprint density at radius 1 is 1.08 bits per heavy atom. The molecular weight excluding hydrogens is 328 g/mol. The van der Waals surface area contributed by atoms with Gasteiger partial charge in [0.1, 0.15) is 17.0 Å². The standard InChI is InChI=1S/C20H26N4S/c1-11(2)9-21-19-18-17(22-10-23-19)15-13-7-5-6-8-14(13)16(12(3)4)24-20(15)25-18/h10-12H,5-9H2,1-4H3,(H,21,22,23). The third-order valence-corrected chi connectivity index (χ3v) is 6.06. The van der Waals surface area contributed by atoms with Crippen molar-refractivity contribution in [1.29, 1.82) is 0 Å². The molecule has 0 spiro atoms. The molecule has 5 heteroatoms. The second-order valence-electron chi connectivity index (χ2n) is 7.77. The van der Waals surface area contributed by atoms with Crippen LogP contribution in [-0.4, -0.2) is 21.5 Å². The molecule has 4 rings (SSSR count). The van der Waals surface area contributed by atoms with Crippen molar-refractivity contribution in [2.45, 2.75) is 59.3 Å². The third kappa shape index (κ3) is 2.88. The van der Waals surface area contributed by atoms with Crippen LogP contribution < -0.4 is 5.32 Å².